The lowest BCUT2D eigenvalue weighted by Crippen LogP contribution is -2.68. The van der Waals surface area contributed by atoms with Crippen LogP contribution in [0.5, 0.6) is 5.75 Å². The predicted molar refractivity (Wildman–Crippen MR) is 201 cm³/mol. The Kier molecular flexibility index (Phi) is 16.5. The summed E-state index contributed by atoms with van der Waals surface area (Å²) in [5.74, 6) is 1.01. The van der Waals surface area contributed by atoms with Crippen molar-refractivity contribution in [2.24, 2.45) is 0 Å². The number of aryl methyl sites for hydroxylation is 1. The minimum atomic E-state index is -2.69. The lowest BCUT2D eigenvalue weighted by molar-refractivity contribution is -0.0624. The molecule has 0 bridgehead atoms. The first-order valence-electron chi connectivity index (χ1n) is 16.0. The van der Waals surface area contributed by atoms with Crippen LogP contribution in [0.25, 0.3) is 0 Å². The van der Waals surface area contributed by atoms with Gasteiger partial charge >= 0.3 is 8.32 Å². The summed E-state index contributed by atoms with van der Waals surface area (Å²) >= 11 is 0. The fourth-order valence-corrected chi connectivity index (χ4v) is 11.2. The van der Waals surface area contributed by atoms with Crippen molar-refractivity contribution >= 4 is 55.9 Å². The Hall–Kier alpha value is -1.65. The van der Waals surface area contributed by atoms with Crippen molar-refractivity contribution in [2.45, 2.75) is 51.3 Å². The second kappa shape index (κ2) is 18.8. The summed E-state index contributed by atoms with van der Waals surface area (Å²) in [7, 11) is -0.939. The number of methoxy groups -OCH3 is 1. The number of nitrogens with one attached hydrogen (secondary N) is 1. The molecule has 46 heavy (non-hydrogen) atoms. The Morgan fingerprint density at radius 3 is 2.04 bits per heavy atom. The van der Waals surface area contributed by atoms with Crippen LogP contribution >= 0.6 is 37.2 Å². The van der Waals surface area contributed by atoms with E-state index in [1.165, 1.54) is 21.5 Å². The molecule has 3 aromatic carbocycles. The molecule has 5 rings (SSSR count). The summed E-state index contributed by atoms with van der Waals surface area (Å²) in [5.41, 5.74) is 2.51. The zero-order valence-corrected chi connectivity index (χ0v) is 31.5. The number of ether oxygens (including phenoxy) is 2. The normalized spacial score (nSPS) is 19.3. The number of nitrogens with zero attached hydrogens (tertiary/aromatic N) is 2. The number of rotatable bonds is 11. The number of hydrogen-bond donors (Lipinski definition) is 1. The summed E-state index contributed by atoms with van der Waals surface area (Å²) in [6.07, 6.45) is 1.18. The highest BCUT2D eigenvalue weighted by Crippen LogP contribution is 2.38. The van der Waals surface area contributed by atoms with Gasteiger partial charge < -0.3 is 19.2 Å². The Morgan fingerprint density at radius 1 is 0.848 bits per heavy atom. The summed E-state index contributed by atoms with van der Waals surface area (Å²) < 4.78 is 18.6. The predicted octanol–water partition coefficient (Wildman–Crippen LogP) is 5.36. The standard InChI is InChI=1S/C36H51N3O3Si.3ClH/c1-29-16-17-30(24-31-26-38(19-18-37-31)20-21-39-22-23-41-32(27-39)28-40-5)25-35(29)42-43(36(2,3)4,33-12-8-6-9-13-33)34-14-10-7-11-15-34;;;/h6-17,25,31-32,37H,18-24,26-28H2,1-5H3;3*1H. The van der Waals surface area contributed by atoms with Gasteiger partial charge in [-0.3, -0.25) is 9.80 Å². The van der Waals surface area contributed by atoms with Crippen molar-refractivity contribution < 1.29 is 13.9 Å². The van der Waals surface area contributed by atoms with E-state index in [-0.39, 0.29) is 48.4 Å². The molecule has 3 aromatic rings. The van der Waals surface area contributed by atoms with Crippen molar-refractivity contribution in [2.75, 3.05) is 66.1 Å². The third-order valence-electron chi connectivity index (χ3n) is 9.06. The number of benzene rings is 3. The SMILES string of the molecule is COCC1CN(CCN2CCNC(Cc3ccc(C)c(O[Si](c4ccccc4)(c4ccccc4)C(C)(C)C)c3)C2)CCO1.Cl.Cl.Cl. The van der Waals surface area contributed by atoms with Crippen LogP contribution in [0.15, 0.2) is 78.9 Å². The molecule has 0 radical (unpaired) electrons. The van der Waals surface area contributed by atoms with Gasteiger partial charge in [0.1, 0.15) is 5.75 Å². The molecule has 0 saturated carbocycles. The highest BCUT2D eigenvalue weighted by Gasteiger charge is 2.52. The van der Waals surface area contributed by atoms with E-state index < -0.39 is 8.32 Å². The van der Waals surface area contributed by atoms with Crippen LogP contribution in [-0.4, -0.2) is 96.4 Å². The zero-order valence-electron chi connectivity index (χ0n) is 28.1. The molecule has 2 saturated heterocycles. The van der Waals surface area contributed by atoms with Gasteiger partial charge in [0.05, 0.1) is 19.3 Å². The van der Waals surface area contributed by atoms with Crippen LogP contribution in [0.2, 0.25) is 5.04 Å². The smallest absolute Gasteiger partial charge is 0.319 e. The fraction of sp³-hybridized carbons (Fsp3) is 0.500. The summed E-state index contributed by atoms with van der Waals surface area (Å²) in [5, 5.41) is 6.32. The van der Waals surface area contributed by atoms with Crippen molar-refractivity contribution in [3.05, 3.63) is 90.0 Å². The fourth-order valence-electron chi connectivity index (χ4n) is 6.77. The minimum absolute atomic E-state index is 0. The van der Waals surface area contributed by atoms with Crippen LogP contribution in [0.1, 0.15) is 31.9 Å². The van der Waals surface area contributed by atoms with E-state index in [0.717, 1.165) is 64.6 Å². The summed E-state index contributed by atoms with van der Waals surface area (Å²) in [4.78, 5) is 5.15. The lowest BCUT2D eigenvalue weighted by Gasteiger charge is -2.43. The quantitative estimate of drug-likeness (QED) is 0.271. The van der Waals surface area contributed by atoms with E-state index in [1.54, 1.807) is 7.11 Å². The Morgan fingerprint density at radius 2 is 1.46 bits per heavy atom. The molecule has 0 amide bonds. The van der Waals surface area contributed by atoms with Gasteiger partial charge in [0.25, 0.3) is 0 Å². The van der Waals surface area contributed by atoms with E-state index in [9.17, 15) is 0 Å². The molecule has 0 aliphatic carbocycles. The molecule has 2 atom stereocenters. The molecule has 0 aromatic heterocycles. The minimum Gasteiger partial charge on any atom is -0.534 e. The van der Waals surface area contributed by atoms with E-state index in [0.29, 0.717) is 12.6 Å². The monoisotopic (exact) mass is 709 g/mol. The molecule has 256 valence electrons. The molecule has 2 aliphatic heterocycles. The molecule has 2 heterocycles. The molecule has 2 unspecified atom stereocenters. The van der Waals surface area contributed by atoms with Gasteiger partial charge in [0, 0.05) is 59.0 Å². The van der Waals surface area contributed by atoms with Gasteiger partial charge in [0.2, 0.25) is 0 Å². The first-order valence-corrected chi connectivity index (χ1v) is 17.9. The maximum Gasteiger partial charge on any atom is 0.319 e. The lowest BCUT2D eigenvalue weighted by atomic mass is 10.0. The van der Waals surface area contributed by atoms with Crippen LogP contribution in [0.3, 0.4) is 0 Å². The average molecular weight is 711 g/mol. The topological polar surface area (TPSA) is 46.2 Å². The van der Waals surface area contributed by atoms with Crippen LogP contribution < -0.4 is 20.1 Å². The number of hydrogen-bond acceptors (Lipinski definition) is 6. The van der Waals surface area contributed by atoms with Crippen molar-refractivity contribution in [3.8, 4) is 5.75 Å². The Labute approximate surface area is 296 Å². The van der Waals surface area contributed by atoms with Crippen molar-refractivity contribution in [1.82, 2.24) is 15.1 Å². The highest BCUT2D eigenvalue weighted by molar-refractivity contribution is 7.00. The van der Waals surface area contributed by atoms with Crippen LogP contribution in [0, 0.1) is 6.92 Å². The maximum atomic E-state index is 7.44. The van der Waals surface area contributed by atoms with Crippen molar-refractivity contribution in [1.29, 1.82) is 0 Å². The van der Waals surface area contributed by atoms with Gasteiger partial charge in [0.15, 0.2) is 0 Å². The van der Waals surface area contributed by atoms with E-state index >= 15 is 0 Å². The Bertz CT molecular complexity index is 1260. The molecular weight excluding hydrogens is 657 g/mol. The highest BCUT2D eigenvalue weighted by atomic mass is 35.5. The molecule has 10 heteroatoms. The zero-order chi connectivity index (χ0) is 30.3. The number of morpholine rings is 1. The van der Waals surface area contributed by atoms with Gasteiger partial charge in [-0.25, -0.2) is 0 Å². The molecule has 1 N–H and O–H groups in total. The largest absolute Gasteiger partial charge is 0.534 e. The molecule has 2 fully saturated rings. The molecule has 0 spiro atoms. The molecule has 2 aliphatic rings. The average Bonchev–Trinajstić information content (AvgIpc) is 3.01. The van der Waals surface area contributed by atoms with Crippen LogP contribution in [-0.2, 0) is 15.9 Å². The van der Waals surface area contributed by atoms with E-state index in [1.807, 2.05) is 0 Å². The Balaban J connectivity index is 0.00000245. The third kappa shape index (κ3) is 9.94. The first kappa shape index (κ1) is 40.5. The van der Waals surface area contributed by atoms with Gasteiger partial charge in [-0.1, -0.05) is 93.6 Å². The van der Waals surface area contributed by atoms with Gasteiger partial charge in [-0.15, -0.1) is 37.2 Å². The van der Waals surface area contributed by atoms with E-state index in [2.05, 4.69) is 122 Å². The second-order valence-electron chi connectivity index (χ2n) is 13.3. The maximum absolute atomic E-state index is 7.44. The third-order valence-corrected chi connectivity index (χ3v) is 14.0. The van der Waals surface area contributed by atoms with Gasteiger partial charge in [-0.05, 0) is 45.9 Å². The first-order chi connectivity index (χ1) is 20.8. The number of piperazine rings is 1. The summed E-state index contributed by atoms with van der Waals surface area (Å²) in [6, 6.07) is 29.1. The summed E-state index contributed by atoms with van der Waals surface area (Å²) in [6.45, 7) is 18.0. The molecule has 6 nitrogen and oxygen atoms in total. The van der Waals surface area contributed by atoms with Crippen molar-refractivity contribution in [3.63, 3.8) is 0 Å². The number of halogens is 3. The molecular formula is C36H54Cl3N3O3Si. The van der Waals surface area contributed by atoms with Gasteiger partial charge in [-0.2, -0.15) is 0 Å². The van der Waals surface area contributed by atoms with E-state index in [4.69, 9.17) is 13.9 Å². The van der Waals surface area contributed by atoms with Crippen LogP contribution in [0.4, 0.5) is 0 Å². The second-order valence-corrected chi connectivity index (χ2v) is 17.5.